The summed E-state index contributed by atoms with van der Waals surface area (Å²) in [6, 6.07) is 9.95. The van der Waals surface area contributed by atoms with E-state index in [4.69, 9.17) is 4.74 Å². The molecule has 1 aliphatic carbocycles. The van der Waals surface area contributed by atoms with E-state index >= 15 is 0 Å². The Labute approximate surface area is 159 Å². The maximum absolute atomic E-state index is 12.3. The number of carbonyl (C=O) groups is 1. The first-order valence-corrected chi connectivity index (χ1v) is 10.2. The van der Waals surface area contributed by atoms with Crippen molar-refractivity contribution in [3.05, 3.63) is 35.9 Å². The van der Waals surface area contributed by atoms with Crippen LogP contribution in [0.5, 0.6) is 0 Å². The summed E-state index contributed by atoms with van der Waals surface area (Å²) >= 11 is 0. The molecule has 2 rings (SSSR count). The Bertz CT molecular complexity index is 623. The standard InChI is InChI=1S/C24H34O2/c1-6-22(25)19(5)23(15-13-20-10-8-7-9-11-20)26-24-16-18(4)12-14-21(24)17(2)3/h7-11,17-19,21,23-24H,6,12,14,16H2,1-5H3/t18-,19-,21+,23+,24-/m1/s1. The quantitative estimate of drug-likeness (QED) is 0.631. The van der Waals surface area contributed by atoms with Crippen molar-refractivity contribution in [1.82, 2.24) is 0 Å². The smallest absolute Gasteiger partial charge is 0.139 e. The van der Waals surface area contributed by atoms with E-state index in [1.54, 1.807) is 0 Å². The van der Waals surface area contributed by atoms with Gasteiger partial charge in [0, 0.05) is 12.0 Å². The van der Waals surface area contributed by atoms with E-state index < -0.39 is 0 Å². The molecule has 0 spiro atoms. The van der Waals surface area contributed by atoms with Crippen LogP contribution in [-0.4, -0.2) is 18.0 Å². The van der Waals surface area contributed by atoms with Crippen molar-refractivity contribution in [2.24, 2.45) is 23.7 Å². The molecular formula is C24H34O2. The van der Waals surface area contributed by atoms with E-state index in [2.05, 4.69) is 32.6 Å². The first-order chi connectivity index (χ1) is 12.4. The Hall–Kier alpha value is -1.59. The average Bonchev–Trinajstić information content (AvgIpc) is 2.64. The normalized spacial score (nSPS) is 25.2. The summed E-state index contributed by atoms with van der Waals surface area (Å²) in [6.07, 6.45) is 3.94. The fraction of sp³-hybridized carbons (Fsp3) is 0.625. The lowest BCUT2D eigenvalue weighted by molar-refractivity contribution is -0.130. The molecule has 0 N–H and O–H groups in total. The summed E-state index contributed by atoms with van der Waals surface area (Å²) in [5.41, 5.74) is 0.967. The first kappa shape index (κ1) is 20.7. The lowest BCUT2D eigenvalue weighted by Gasteiger charge is -2.39. The third kappa shape index (κ3) is 5.71. The minimum atomic E-state index is -0.334. The van der Waals surface area contributed by atoms with Crippen molar-refractivity contribution >= 4 is 5.78 Å². The molecule has 5 atom stereocenters. The van der Waals surface area contributed by atoms with Crippen LogP contribution in [0, 0.1) is 35.5 Å². The van der Waals surface area contributed by atoms with Crippen LogP contribution in [0.25, 0.3) is 0 Å². The largest absolute Gasteiger partial charge is 0.361 e. The van der Waals surface area contributed by atoms with Crippen LogP contribution >= 0.6 is 0 Å². The Morgan fingerprint density at radius 1 is 1.19 bits per heavy atom. The van der Waals surface area contributed by atoms with Gasteiger partial charge in [0.05, 0.1) is 12.0 Å². The van der Waals surface area contributed by atoms with E-state index in [1.807, 2.05) is 44.2 Å². The van der Waals surface area contributed by atoms with Gasteiger partial charge in [0.15, 0.2) is 0 Å². The van der Waals surface area contributed by atoms with Crippen LogP contribution in [0.1, 0.15) is 65.9 Å². The Balaban J connectivity index is 2.22. The molecule has 142 valence electrons. The lowest BCUT2D eigenvalue weighted by Crippen LogP contribution is -2.39. The fourth-order valence-electron chi connectivity index (χ4n) is 3.90. The number of Topliss-reactive ketones (excluding diaryl/α,β-unsaturated/α-hetero) is 1. The molecule has 1 fully saturated rings. The molecule has 0 unspecified atom stereocenters. The lowest BCUT2D eigenvalue weighted by atomic mass is 9.75. The highest BCUT2D eigenvalue weighted by molar-refractivity contribution is 5.81. The van der Waals surface area contributed by atoms with E-state index in [1.165, 1.54) is 12.8 Å². The molecule has 0 heterocycles. The van der Waals surface area contributed by atoms with Crippen molar-refractivity contribution in [3.63, 3.8) is 0 Å². The molecule has 2 heteroatoms. The van der Waals surface area contributed by atoms with Crippen LogP contribution in [0.15, 0.2) is 30.3 Å². The zero-order valence-corrected chi connectivity index (χ0v) is 17.0. The summed E-state index contributed by atoms with van der Waals surface area (Å²) in [5, 5.41) is 0. The molecule has 1 aromatic rings. The first-order valence-electron chi connectivity index (χ1n) is 10.2. The SMILES string of the molecule is CCC(=O)[C@@H](C)[C@H](C#Cc1ccccc1)O[C@@H]1C[C@H](C)CC[C@H]1C(C)C. The average molecular weight is 355 g/mol. The number of ketones is 1. The van der Waals surface area contributed by atoms with Crippen LogP contribution in [-0.2, 0) is 9.53 Å². The zero-order chi connectivity index (χ0) is 19.1. The van der Waals surface area contributed by atoms with Crippen LogP contribution in [0.3, 0.4) is 0 Å². The Kier molecular flexibility index (Phi) is 7.91. The molecule has 0 amide bonds. The van der Waals surface area contributed by atoms with Crippen molar-refractivity contribution < 1.29 is 9.53 Å². The second-order valence-electron chi connectivity index (χ2n) is 8.17. The van der Waals surface area contributed by atoms with Gasteiger partial charge in [-0.25, -0.2) is 0 Å². The van der Waals surface area contributed by atoms with Gasteiger partial charge < -0.3 is 4.74 Å². The van der Waals surface area contributed by atoms with Crippen molar-refractivity contribution in [3.8, 4) is 11.8 Å². The van der Waals surface area contributed by atoms with Gasteiger partial charge in [-0.15, -0.1) is 0 Å². The summed E-state index contributed by atoms with van der Waals surface area (Å²) in [4.78, 5) is 12.3. The highest BCUT2D eigenvalue weighted by Crippen LogP contribution is 2.36. The van der Waals surface area contributed by atoms with Gasteiger partial charge in [-0.1, -0.05) is 71.1 Å². The number of hydrogen-bond donors (Lipinski definition) is 0. The van der Waals surface area contributed by atoms with Gasteiger partial charge in [-0.05, 0) is 42.7 Å². The van der Waals surface area contributed by atoms with Gasteiger partial charge in [0.2, 0.25) is 0 Å². The molecule has 1 aliphatic rings. The topological polar surface area (TPSA) is 26.3 Å². The van der Waals surface area contributed by atoms with Gasteiger partial charge >= 0.3 is 0 Å². The van der Waals surface area contributed by atoms with Crippen LogP contribution in [0.2, 0.25) is 0 Å². The molecule has 1 saturated carbocycles. The summed E-state index contributed by atoms with van der Waals surface area (Å²) in [7, 11) is 0. The summed E-state index contributed by atoms with van der Waals surface area (Å²) in [5.74, 6) is 8.35. The fourth-order valence-corrected chi connectivity index (χ4v) is 3.90. The third-order valence-corrected chi connectivity index (χ3v) is 5.73. The van der Waals surface area contributed by atoms with Gasteiger partial charge in [-0.2, -0.15) is 0 Å². The Morgan fingerprint density at radius 3 is 2.50 bits per heavy atom. The Morgan fingerprint density at radius 2 is 1.88 bits per heavy atom. The predicted octanol–water partition coefficient (Wildman–Crippen LogP) is 5.50. The molecule has 0 saturated heterocycles. The highest BCUT2D eigenvalue weighted by Gasteiger charge is 2.34. The second kappa shape index (κ2) is 9.93. The van der Waals surface area contributed by atoms with E-state index in [9.17, 15) is 4.79 Å². The number of hydrogen-bond acceptors (Lipinski definition) is 2. The van der Waals surface area contributed by atoms with Crippen molar-refractivity contribution in [1.29, 1.82) is 0 Å². The number of carbonyl (C=O) groups excluding carboxylic acids is 1. The molecule has 26 heavy (non-hydrogen) atoms. The minimum absolute atomic E-state index is 0.193. The monoisotopic (exact) mass is 354 g/mol. The van der Waals surface area contributed by atoms with Gasteiger partial charge in [0.25, 0.3) is 0 Å². The molecule has 0 radical (unpaired) electrons. The van der Waals surface area contributed by atoms with E-state index in [0.29, 0.717) is 24.2 Å². The minimum Gasteiger partial charge on any atom is -0.361 e. The maximum Gasteiger partial charge on any atom is 0.139 e. The molecule has 0 aliphatic heterocycles. The summed E-state index contributed by atoms with van der Waals surface area (Å²) in [6.45, 7) is 10.7. The predicted molar refractivity (Wildman–Crippen MR) is 108 cm³/mol. The molecule has 0 bridgehead atoms. The summed E-state index contributed by atoms with van der Waals surface area (Å²) < 4.78 is 6.55. The molecule has 2 nitrogen and oxygen atoms in total. The van der Waals surface area contributed by atoms with E-state index in [0.717, 1.165) is 12.0 Å². The highest BCUT2D eigenvalue weighted by atomic mass is 16.5. The van der Waals surface area contributed by atoms with Crippen molar-refractivity contribution in [2.75, 3.05) is 0 Å². The van der Waals surface area contributed by atoms with Gasteiger partial charge in [0.1, 0.15) is 11.9 Å². The molecule has 1 aromatic carbocycles. The molecular weight excluding hydrogens is 320 g/mol. The maximum atomic E-state index is 12.3. The van der Waals surface area contributed by atoms with Crippen molar-refractivity contribution in [2.45, 2.75) is 72.5 Å². The number of rotatable bonds is 6. The number of benzene rings is 1. The van der Waals surface area contributed by atoms with Crippen LogP contribution in [0.4, 0.5) is 0 Å². The second-order valence-corrected chi connectivity index (χ2v) is 8.17. The van der Waals surface area contributed by atoms with Gasteiger partial charge in [-0.3, -0.25) is 4.79 Å². The van der Waals surface area contributed by atoms with E-state index in [-0.39, 0.29) is 23.9 Å². The third-order valence-electron chi connectivity index (χ3n) is 5.73. The van der Waals surface area contributed by atoms with Crippen LogP contribution < -0.4 is 0 Å². The zero-order valence-electron chi connectivity index (χ0n) is 17.0. The molecule has 0 aromatic heterocycles. The number of ether oxygens (including phenoxy) is 1.